The molecule has 0 radical (unpaired) electrons. The maximum atomic E-state index is 16.7. The summed E-state index contributed by atoms with van der Waals surface area (Å²) in [6.45, 7) is 9.36. The Balaban J connectivity index is 2.40. The number of nitrogens with zero attached hydrogens (tertiary/aromatic N) is 3. The van der Waals surface area contributed by atoms with Crippen molar-refractivity contribution in [3.8, 4) is 0 Å². The van der Waals surface area contributed by atoms with E-state index in [-0.39, 0.29) is 42.7 Å². The van der Waals surface area contributed by atoms with Crippen LogP contribution in [-0.2, 0) is 29.6 Å². The van der Waals surface area contributed by atoms with E-state index in [2.05, 4.69) is 21.5 Å². The number of carbonyl (C=O) groups excluding carboxylic acids is 2. The number of hydrogen-bond acceptors (Lipinski definition) is 9. The highest BCUT2D eigenvalue weighted by atomic mass is 19.1. The molecule has 0 aliphatic carbocycles. The highest BCUT2D eigenvalue weighted by Crippen LogP contribution is 2.32. The lowest BCUT2D eigenvalue weighted by Crippen LogP contribution is -2.47. The number of rotatable bonds is 12. The van der Waals surface area contributed by atoms with Crippen molar-refractivity contribution in [2.24, 2.45) is 11.8 Å². The zero-order valence-electron chi connectivity index (χ0n) is 19.2. The molecule has 0 aliphatic rings. The third-order valence-electron chi connectivity index (χ3n) is 4.68. The van der Waals surface area contributed by atoms with Crippen LogP contribution in [0, 0.1) is 11.8 Å². The van der Waals surface area contributed by atoms with Crippen LogP contribution < -0.4 is 11.3 Å². The number of H-pyrrole nitrogens is 1. The minimum atomic E-state index is -2.54. The standard InChI is InChI=1S/C21H30FN5O6/c1-6-7-14(33-19(30)13(4)5)21(22,10-31-8-9-32-18(29)12(2)3)27-11-24-15-16(27)25-20(23)26-17(15)28/h6,11-14H,1,7-10H2,2-5H3,(H3,23,25,26,28)/t14-,21-/m1/s1. The number of ether oxygens (including phenoxy) is 3. The zero-order valence-corrected chi connectivity index (χ0v) is 19.2. The Kier molecular flexibility index (Phi) is 8.69. The minimum Gasteiger partial charge on any atom is -0.463 e. The van der Waals surface area contributed by atoms with Crippen molar-refractivity contribution >= 4 is 29.1 Å². The maximum Gasteiger partial charge on any atom is 0.308 e. The number of carbonyl (C=O) groups is 2. The predicted octanol–water partition coefficient (Wildman–Crippen LogP) is 1.68. The predicted molar refractivity (Wildman–Crippen MR) is 118 cm³/mol. The van der Waals surface area contributed by atoms with E-state index in [0.717, 1.165) is 10.9 Å². The highest BCUT2D eigenvalue weighted by molar-refractivity contribution is 5.72. The van der Waals surface area contributed by atoms with Crippen LogP contribution in [0.15, 0.2) is 23.8 Å². The first-order valence-electron chi connectivity index (χ1n) is 10.5. The molecule has 2 atom stereocenters. The largest absolute Gasteiger partial charge is 0.463 e. The number of esters is 2. The number of hydrogen-bond donors (Lipinski definition) is 2. The molecule has 33 heavy (non-hydrogen) atoms. The number of imidazole rings is 1. The van der Waals surface area contributed by atoms with Gasteiger partial charge in [-0.15, -0.1) is 6.58 Å². The lowest BCUT2D eigenvalue weighted by molar-refractivity contribution is -0.178. The Morgan fingerprint density at radius 3 is 2.55 bits per heavy atom. The van der Waals surface area contributed by atoms with Crippen LogP contribution in [0.5, 0.6) is 0 Å². The van der Waals surface area contributed by atoms with Crippen LogP contribution in [0.2, 0.25) is 0 Å². The van der Waals surface area contributed by atoms with Gasteiger partial charge < -0.3 is 19.9 Å². The zero-order chi connectivity index (χ0) is 24.8. The molecule has 11 nitrogen and oxygen atoms in total. The molecule has 3 N–H and O–H groups in total. The van der Waals surface area contributed by atoms with Gasteiger partial charge in [0, 0.05) is 6.42 Å². The Bertz CT molecular complexity index is 1050. The van der Waals surface area contributed by atoms with E-state index in [9.17, 15) is 14.4 Å². The number of anilines is 1. The Morgan fingerprint density at radius 1 is 1.27 bits per heavy atom. The van der Waals surface area contributed by atoms with Crippen molar-refractivity contribution in [2.45, 2.75) is 46.0 Å². The monoisotopic (exact) mass is 467 g/mol. The van der Waals surface area contributed by atoms with Gasteiger partial charge in [0.2, 0.25) is 11.7 Å². The first-order chi connectivity index (χ1) is 15.5. The molecular formula is C21H30FN5O6. The normalized spacial score (nSPS) is 14.3. The van der Waals surface area contributed by atoms with Crippen LogP contribution >= 0.6 is 0 Å². The summed E-state index contributed by atoms with van der Waals surface area (Å²) in [5.74, 6) is -4.66. The molecule has 0 saturated heterocycles. The number of nitrogen functional groups attached to an aromatic ring is 1. The number of aromatic nitrogens is 4. The molecule has 0 aliphatic heterocycles. The van der Waals surface area contributed by atoms with Gasteiger partial charge in [0.1, 0.15) is 19.5 Å². The van der Waals surface area contributed by atoms with Gasteiger partial charge in [-0.1, -0.05) is 33.8 Å². The Morgan fingerprint density at radius 2 is 1.94 bits per heavy atom. The SMILES string of the molecule is C=CC[C@@H](OC(=O)C(C)C)[C@@](F)(COCCOC(=O)C(C)C)n1cnc2c(=O)[nH]c(N)nc21. The molecule has 0 unspecified atom stereocenters. The number of nitrogens with one attached hydrogen (secondary N) is 1. The summed E-state index contributed by atoms with van der Waals surface area (Å²) in [6, 6.07) is 0. The van der Waals surface area contributed by atoms with E-state index < -0.39 is 41.9 Å². The number of halogens is 1. The maximum absolute atomic E-state index is 16.7. The minimum absolute atomic E-state index is 0.0704. The molecule has 0 bridgehead atoms. The first kappa shape index (κ1) is 26.0. The van der Waals surface area contributed by atoms with Crippen molar-refractivity contribution in [3.63, 3.8) is 0 Å². The van der Waals surface area contributed by atoms with Crippen molar-refractivity contribution in [1.29, 1.82) is 0 Å². The van der Waals surface area contributed by atoms with E-state index in [0.29, 0.717) is 0 Å². The van der Waals surface area contributed by atoms with Crippen LogP contribution in [0.3, 0.4) is 0 Å². The summed E-state index contributed by atoms with van der Waals surface area (Å²) in [4.78, 5) is 46.3. The number of aromatic amines is 1. The summed E-state index contributed by atoms with van der Waals surface area (Å²) < 4.78 is 33.6. The summed E-state index contributed by atoms with van der Waals surface area (Å²) in [5, 5.41) is 0. The number of nitrogens with two attached hydrogens (primary N) is 1. The van der Waals surface area contributed by atoms with Gasteiger partial charge in [-0.2, -0.15) is 4.98 Å². The van der Waals surface area contributed by atoms with Crippen LogP contribution in [0.25, 0.3) is 11.2 Å². The molecule has 0 fully saturated rings. The summed E-state index contributed by atoms with van der Waals surface area (Å²) in [5.41, 5.74) is 4.68. The lowest BCUT2D eigenvalue weighted by atomic mass is 10.0. The molecule has 0 spiro atoms. The van der Waals surface area contributed by atoms with Crippen LogP contribution in [0.4, 0.5) is 10.3 Å². The third kappa shape index (κ3) is 6.15. The van der Waals surface area contributed by atoms with Crippen molar-refractivity contribution < 1.29 is 28.2 Å². The molecule has 2 aromatic heterocycles. The molecule has 182 valence electrons. The fourth-order valence-electron chi connectivity index (χ4n) is 2.85. The van der Waals surface area contributed by atoms with Crippen LogP contribution in [0.1, 0.15) is 34.1 Å². The Hall–Kier alpha value is -3.28. The smallest absolute Gasteiger partial charge is 0.308 e. The van der Waals surface area contributed by atoms with Gasteiger partial charge in [0.15, 0.2) is 17.3 Å². The van der Waals surface area contributed by atoms with Crippen LogP contribution in [-0.4, -0.2) is 57.4 Å². The van der Waals surface area contributed by atoms with E-state index in [1.165, 1.54) is 6.08 Å². The number of alkyl halides is 1. The highest BCUT2D eigenvalue weighted by Gasteiger charge is 2.45. The topological polar surface area (TPSA) is 151 Å². The molecule has 2 rings (SSSR count). The van der Waals surface area contributed by atoms with Gasteiger partial charge in [-0.3, -0.25) is 23.9 Å². The molecule has 0 aromatic carbocycles. The quantitative estimate of drug-likeness (QED) is 0.270. The van der Waals surface area contributed by atoms with E-state index >= 15 is 4.39 Å². The fourth-order valence-corrected chi connectivity index (χ4v) is 2.85. The second kappa shape index (κ2) is 11.0. The van der Waals surface area contributed by atoms with Gasteiger partial charge in [-0.05, 0) is 0 Å². The van der Waals surface area contributed by atoms with Crippen molar-refractivity contribution in [3.05, 3.63) is 29.3 Å². The molecule has 0 amide bonds. The summed E-state index contributed by atoms with van der Waals surface area (Å²) in [7, 11) is 0. The molecule has 2 aromatic rings. The second-order valence-corrected chi connectivity index (χ2v) is 8.04. The molecule has 12 heteroatoms. The van der Waals surface area contributed by atoms with Crippen molar-refractivity contribution in [2.75, 3.05) is 25.6 Å². The number of fused-ring (bicyclic) bond motifs is 1. The fraction of sp³-hybridized carbons (Fsp3) is 0.571. The Labute approximate surface area is 190 Å². The summed E-state index contributed by atoms with van der Waals surface area (Å²) >= 11 is 0. The van der Waals surface area contributed by atoms with E-state index in [4.69, 9.17) is 19.9 Å². The molecular weight excluding hydrogens is 437 g/mol. The van der Waals surface area contributed by atoms with Crippen molar-refractivity contribution in [1.82, 2.24) is 19.5 Å². The van der Waals surface area contributed by atoms with Gasteiger partial charge in [-0.25, -0.2) is 9.37 Å². The third-order valence-corrected chi connectivity index (χ3v) is 4.68. The molecule has 2 heterocycles. The lowest BCUT2D eigenvalue weighted by Gasteiger charge is -2.34. The first-order valence-corrected chi connectivity index (χ1v) is 10.5. The molecule has 0 saturated carbocycles. The van der Waals surface area contributed by atoms with E-state index in [1.807, 2.05) is 0 Å². The summed E-state index contributed by atoms with van der Waals surface area (Å²) in [6.07, 6.45) is 1.00. The van der Waals surface area contributed by atoms with E-state index in [1.54, 1.807) is 27.7 Å². The average molecular weight is 467 g/mol. The van der Waals surface area contributed by atoms with Gasteiger partial charge >= 0.3 is 11.9 Å². The second-order valence-electron chi connectivity index (χ2n) is 8.04. The average Bonchev–Trinajstić information content (AvgIpc) is 3.17. The van der Waals surface area contributed by atoms with Gasteiger partial charge in [0.05, 0.1) is 18.4 Å². The van der Waals surface area contributed by atoms with Gasteiger partial charge in [0.25, 0.3) is 5.56 Å².